The molecule has 0 aliphatic heterocycles. The average molecular weight is 303 g/mol. The van der Waals surface area contributed by atoms with Crippen LogP contribution in [0.25, 0.3) is 0 Å². The number of pyridine rings is 1. The van der Waals surface area contributed by atoms with Gasteiger partial charge in [0.15, 0.2) is 0 Å². The van der Waals surface area contributed by atoms with Crippen LogP contribution in [0.4, 0.5) is 0 Å². The molecule has 1 heterocycles. The molecule has 0 fully saturated rings. The molecular weight excluding hydrogens is 288 g/mol. The van der Waals surface area contributed by atoms with E-state index in [1.165, 1.54) is 10.6 Å². The fraction of sp³-hybridized carbons (Fsp3) is 0.455. The second-order valence-electron chi connectivity index (χ2n) is 4.04. The second kappa shape index (κ2) is 6.56. The van der Waals surface area contributed by atoms with Gasteiger partial charge in [-0.2, -0.15) is 0 Å². The highest BCUT2D eigenvalue weighted by Crippen LogP contribution is 2.04. The van der Waals surface area contributed by atoms with Gasteiger partial charge in [0.25, 0.3) is 11.5 Å². The molecular formula is C11H15BrN2O3. The number of amides is 1. The number of hydrogen-bond donors (Lipinski definition) is 1. The molecule has 0 aliphatic carbocycles. The van der Waals surface area contributed by atoms with E-state index in [-0.39, 0.29) is 18.0 Å². The monoisotopic (exact) mass is 302 g/mol. The Labute approximate surface area is 108 Å². The molecule has 1 aromatic heterocycles. The molecule has 6 heteroatoms. The van der Waals surface area contributed by atoms with E-state index < -0.39 is 0 Å². The zero-order valence-corrected chi connectivity index (χ0v) is 11.4. The summed E-state index contributed by atoms with van der Waals surface area (Å²) in [5.74, 6) is -0.0188. The summed E-state index contributed by atoms with van der Waals surface area (Å²) in [7, 11) is 0. The number of hydroxylamine groups is 1. The van der Waals surface area contributed by atoms with Gasteiger partial charge in [0.2, 0.25) is 0 Å². The van der Waals surface area contributed by atoms with Crippen LogP contribution in [0.5, 0.6) is 0 Å². The minimum absolute atomic E-state index is 0.0592. The van der Waals surface area contributed by atoms with E-state index in [1.54, 1.807) is 12.3 Å². The number of carbonyl (C=O) groups excluding carboxylic acids is 1. The van der Waals surface area contributed by atoms with Gasteiger partial charge in [-0.3, -0.25) is 14.4 Å². The van der Waals surface area contributed by atoms with Crippen molar-refractivity contribution in [3.63, 3.8) is 0 Å². The van der Waals surface area contributed by atoms with E-state index >= 15 is 0 Å². The second-order valence-corrected chi connectivity index (χ2v) is 4.96. The van der Waals surface area contributed by atoms with Crippen molar-refractivity contribution in [2.75, 3.05) is 6.61 Å². The van der Waals surface area contributed by atoms with Gasteiger partial charge in [-0.25, -0.2) is 5.48 Å². The van der Waals surface area contributed by atoms with Crippen molar-refractivity contribution >= 4 is 21.8 Å². The van der Waals surface area contributed by atoms with Gasteiger partial charge in [0.1, 0.15) is 6.54 Å². The van der Waals surface area contributed by atoms with Crippen LogP contribution < -0.4 is 11.0 Å². The Morgan fingerprint density at radius 3 is 2.88 bits per heavy atom. The zero-order chi connectivity index (χ0) is 12.8. The fourth-order valence-electron chi connectivity index (χ4n) is 1.10. The Hall–Kier alpha value is -1.14. The van der Waals surface area contributed by atoms with E-state index in [9.17, 15) is 9.59 Å². The topological polar surface area (TPSA) is 60.3 Å². The molecule has 1 aromatic rings. The Balaban J connectivity index is 2.50. The predicted octanol–water partition coefficient (Wildman–Crippen LogP) is 1.31. The number of nitrogens with zero attached hydrogens (tertiary/aromatic N) is 1. The molecule has 1 rings (SSSR count). The predicted molar refractivity (Wildman–Crippen MR) is 67.3 cm³/mol. The standard InChI is InChI=1S/C11H15BrN2O3/c1-8(2)7-17-13-10(15)6-14-5-9(12)3-4-11(14)16/h3-5,8H,6-7H2,1-2H3,(H,13,15). The third-order valence-electron chi connectivity index (χ3n) is 1.86. The maximum Gasteiger partial charge on any atom is 0.263 e. The first kappa shape index (κ1) is 13.9. The van der Waals surface area contributed by atoms with Crippen LogP contribution in [0.1, 0.15) is 13.8 Å². The maximum atomic E-state index is 11.4. The first-order valence-corrected chi connectivity index (χ1v) is 6.05. The van der Waals surface area contributed by atoms with Crippen molar-refractivity contribution in [3.05, 3.63) is 33.2 Å². The average Bonchev–Trinajstić information content (AvgIpc) is 2.23. The first-order chi connectivity index (χ1) is 7.99. The lowest BCUT2D eigenvalue weighted by molar-refractivity contribution is -0.135. The summed E-state index contributed by atoms with van der Waals surface area (Å²) in [6.45, 7) is 4.34. The molecule has 5 nitrogen and oxygen atoms in total. The molecule has 0 saturated carbocycles. The molecule has 0 aliphatic rings. The van der Waals surface area contributed by atoms with Crippen molar-refractivity contribution in [1.29, 1.82) is 0 Å². The van der Waals surface area contributed by atoms with E-state index in [1.807, 2.05) is 13.8 Å². The minimum Gasteiger partial charge on any atom is -0.305 e. The summed E-state index contributed by atoms with van der Waals surface area (Å²) in [5.41, 5.74) is 2.07. The highest BCUT2D eigenvalue weighted by atomic mass is 79.9. The molecule has 1 N–H and O–H groups in total. The van der Waals surface area contributed by atoms with Crippen molar-refractivity contribution in [1.82, 2.24) is 10.0 Å². The largest absolute Gasteiger partial charge is 0.305 e. The van der Waals surface area contributed by atoms with Crippen molar-refractivity contribution in [3.8, 4) is 0 Å². The van der Waals surface area contributed by atoms with Gasteiger partial charge in [0, 0.05) is 16.7 Å². The molecule has 17 heavy (non-hydrogen) atoms. The number of rotatable bonds is 5. The number of aromatic nitrogens is 1. The van der Waals surface area contributed by atoms with Gasteiger partial charge >= 0.3 is 0 Å². The van der Waals surface area contributed by atoms with Crippen LogP contribution in [0.3, 0.4) is 0 Å². The summed E-state index contributed by atoms with van der Waals surface area (Å²) in [5, 5.41) is 0. The Bertz CT molecular complexity index is 443. The van der Waals surface area contributed by atoms with Crippen LogP contribution in [0.15, 0.2) is 27.6 Å². The maximum absolute atomic E-state index is 11.4. The van der Waals surface area contributed by atoms with Crippen LogP contribution in [-0.4, -0.2) is 17.1 Å². The molecule has 0 radical (unpaired) electrons. The van der Waals surface area contributed by atoms with Crippen molar-refractivity contribution in [2.45, 2.75) is 20.4 Å². The van der Waals surface area contributed by atoms with E-state index in [0.717, 1.165) is 4.47 Å². The Morgan fingerprint density at radius 1 is 1.53 bits per heavy atom. The van der Waals surface area contributed by atoms with E-state index in [4.69, 9.17) is 4.84 Å². The highest BCUT2D eigenvalue weighted by Gasteiger charge is 2.05. The molecule has 0 saturated heterocycles. The van der Waals surface area contributed by atoms with Crippen LogP contribution in [0, 0.1) is 5.92 Å². The lowest BCUT2D eigenvalue weighted by Gasteiger charge is -2.09. The SMILES string of the molecule is CC(C)CONC(=O)Cn1cc(Br)ccc1=O. The lowest BCUT2D eigenvalue weighted by Crippen LogP contribution is -2.32. The van der Waals surface area contributed by atoms with Gasteiger partial charge in [-0.05, 0) is 27.9 Å². The molecule has 0 atom stereocenters. The van der Waals surface area contributed by atoms with Gasteiger partial charge in [-0.1, -0.05) is 13.8 Å². The fourth-order valence-corrected chi connectivity index (χ4v) is 1.48. The molecule has 0 spiro atoms. The molecule has 94 valence electrons. The summed E-state index contributed by atoms with van der Waals surface area (Å²) >= 11 is 3.24. The molecule has 0 bridgehead atoms. The number of nitrogens with one attached hydrogen (secondary N) is 1. The van der Waals surface area contributed by atoms with Gasteiger partial charge in [-0.15, -0.1) is 0 Å². The number of hydrogen-bond acceptors (Lipinski definition) is 3. The van der Waals surface area contributed by atoms with Crippen molar-refractivity contribution < 1.29 is 9.63 Å². The molecule has 0 unspecified atom stereocenters. The quantitative estimate of drug-likeness (QED) is 0.835. The third-order valence-corrected chi connectivity index (χ3v) is 2.33. The lowest BCUT2D eigenvalue weighted by atomic mass is 10.2. The van der Waals surface area contributed by atoms with Crippen LogP contribution in [-0.2, 0) is 16.2 Å². The number of carbonyl (C=O) groups is 1. The Kier molecular flexibility index (Phi) is 5.37. The smallest absolute Gasteiger partial charge is 0.263 e. The Morgan fingerprint density at radius 2 is 2.24 bits per heavy atom. The minimum atomic E-state index is -0.356. The van der Waals surface area contributed by atoms with E-state index in [0.29, 0.717) is 12.5 Å². The van der Waals surface area contributed by atoms with Gasteiger partial charge in [0.05, 0.1) is 6.61 Å². The van der Waals surface area contributed by atoms with Gasteiger partial charge < -0.3 is 4.57 Å². The first-order valence-electron chi connectivity index (χ1n) is 5.25. The zero-order valence-electron chi connectivity index (χ0n) is 9.77. The van der Waals surface area contributed by atoms with Crippen LogP contribution in [0.2, 0.25) is 0 Å². The third kappa shape index (κ3) is 5.14. The number of halogens is 1. The molecule has 0 aromatic carbocycles. The van der Waals surface area contributed by atoms with E-state index in [2.05, 4.69) is 21.4 Å². The van der Waals surface area contributed by atoms with Crippen LogP contribution >= 0.6 is 15.9 Å². The van der Waals surface area contributed by atoms with Crippen molar-refractivity contribution in [2.24, 2.45) is 5.92 Å². The normalized spacial score (nSPS) is 10.6. The summed E-state index contributed by atoms with van der Waals surface area (Å²) in [4.78, 5) is 27.8. The summed E-state index contributed by atoms with van der Waals surface area (Å²) in [6, 6.07) is 3.03. The molecule has 1 amide bonds. The highest BCUT2D eigenvalue weighted by molar-refractivity contribution is 9.10. The summed E-state index contributed by atoms with van der Waals surface area (Å²) < 4.78 is 2.05. The summed E-state index contributed by atoms with van der Waals surface area (Å²) in [6.07, 6.45) is 1.56.